The topological polar surface area (TPSA) is 67.8 Å². The molecule has 1 atom stereocenters. The van der Waals surface area contributed by atoms with Gasteiger partial charge in [-0.1, -0.05) is 29.4 Å². The van der Waals surface area contributed by atoms with Gasteiger partial charge in [0, 0.05) is 11.5 Å². The van der Waals surface area contributed by atoms with Crippen LogP contribution in [0.2, 0.25) is 0 Å². The Morgan fingerprint density at radius 3 is 2.65 bits per heavy atom. The first kappa shape index (κ1) is 12.5. The van der Waals surface area contributed by atoms with Crippen LogP contribution in [0.25, 0.3) is 0 Å². The van der Waals surface area contributed by atoms with Gasteiger partial charge in [0.05, 0.1) is 6.61 Å². The van der Waals surface area contributed by atoms with E-state index in [1.165, 1.54) is 11.1 Å². The Hall–Kier alpha value is -2.49. The highest BCUT2D eigenvalue weighted by Gasteiger charge is 2.25. The third-order valence-corrected chi connectivity index (χ3v) is 3.67. The van der Waals surface area contributed by atoms with Gasteiger partial charge in [-0.15, -0.1) is 0 Å². The molecule has 0 amide bonds. The third-order valence-electron chi connectivity index (χ3n) is 3.67. The smallest absolute Gasteiger partial charge is 0.170 e. The van der Waals surface area contributed by atoms with E-state index < -0.39 is 0 Å². The molecule has 0 spiro atoms. The summed E-state index contributed by atoms with van der Waals surface area (Å²) in [6.45, 7) is 0.680. The molecular weight excluding hydrogens is 252 g/mol. The molecule has 4 heteroatoms. The molecule has 4 nitrogen and oxygen atoms in total. The Balaban J connectivity index is 1.60. The van der Waals surface area contributed by atoms with Crippen LogP contribution in [0.1, 0.15) is 22.6 Å². The summed E-state index contributed by atoms with van der Waals surface area (Å²) in [6, 6.07) is 15.7. The summed E-state index contributed by atoms with van der Waals surface area (Å²) in [7, 11) is 0. The van der Waals surface area contributed by atoms with Gasteiger partial charge in [-0.25, -0.2) is 0 Å². The van der Waals surface area contributed by atoms with E-state index in [-0.39, 0.29) is 5.84 Å². The molecule has 0 saturated heterocycles. The molecule has 0 aliphatic heterocycles. The van der Waals surface area contributed by atoms with Crippen LogP contribution in [0.3, 0.4) is 0 Å². The van der Waals surface area contributed by atoms with Crippen molar-refractivity contribution in [3.8, 4) is 5.75 Å². The minimum Gasteiger partial charge on any atom is -0.493 e. The van der Waals surface area contributed by atoms with E-state index in [0.717, 1.165) is 12.2 Å². The quantitative estimate of drug-likeness (QED) is 0.387. The lowest BCUT2D eigenvalue weighted by Gasteiger charge is -2.29. The fourth-order valence-electron chi connectivity index (χ4n) is 2.49. The van der Waals surface area contributed by atoms with Crippen LogP contribution in [0.4, 0.5) is 0 Å². The van der Waals surface area contributed by atoms with Gasteiger partial charge in [-0.05, 0) is 41.8 Å². The summed E-state index contributed by atoms with van der Waals surface area (Å²) in [6.07, 6.45) is 1.08. The van der Waals surface area contributed by atoms with Crippen molar-refractivity contribution in [2.24, 2.45) is 10.9 Å². The lowest BCUT2D eigenvalue weighted by atomic mass is 9.78. The summed E-state index contributed by atoms with van der Waals surface area (Å²) in [5.41, 5.74) is 8.99. The first-order chi connectivity index (χ1) is 9.78. The second-order valence-electron chi connectivity index (χ2n) is 4.92. The Labute approximate surface area is 117 Å². The number of amidine groups is 1. The van der Waals surface area contributed by atoms with Gasteiger partial charge in [-0.3, -0.25) is 0 Å². The van der Waals surface area contributed by atoms with E-state index in [4.69, 9.17) is 15.7 Å². The van der Waals surface area contributed by atoms with Gasteiger partial charge in [-0.2, -0.15) is 0 Å². The highest BCUT2D eigenvalue weighted by Crippen LogP contribution is 2.35. The molecule has 3 rings (SSSR count). The average Bonchev–Trinajstić information content (AvgIpc) is 2.48. The van der Waals surface area contributed by atoms with Crippen molar-refractivity contribution in [1.82, 2.24) is 0 Å². The monoisotopic (exact) mass is 268 g/mol. The lowest BCUT2D eigenvalue weighted by molar-refractivity contribution is 0.275. The predicted molar refractivity (Wildman–Crippen MR) is 77.3 cm³/mol. The van der Waals surface area contributed by atoms with Crippen molar-refractivity contribution in [3.63, 3.8) is 0 Å². The van der Waals surface area contributed by atoms with E-state index in [1.54, 1.807) is 12.1 Å². The molecule has 1 aliphatic rings. The van der Waals surface area contributed by atoms with E-state index in [0.29, 0.717) is 18.1 Å². The van der Waals surface area contributed by atoms with E-state index in [2.05, 4.69) is 29.4 Å². The standard InChI is InChI=1S/C16H16N2O2/c17-16(18-19)11-5-7-14(8-6-11)20-10-13-9-12-3-1-2-4-15(12)13/h1-8,13,19H,9-10H2,(H2,17,18). The second-order valence-corrected chi connectivity index (χ2v) is 4.92. The lowest BCUT2D eigenvalue weighted by Crippen LogP contribution is -2.23. The highest BCUT2D eigenvalue weighted by atomic mass is 16.5. The molecule has 0 heterocycles. The van der Waals surface area contributed by atoms with Crippen molar-refractivity contribution < 1.29 is 9.94 Å². The summed E-state index contributed by atoms with van der Waals surface area (Å²) >= 11 is 0. The number of ether oxygens (including phenoxy) is 1. The summed E-state index contributed by atoms with van der Waals surface area (Å²) in [5, 5.41) is 11.6. The van der Waals surface area contributed by atoms with Crippen molar-refractivity contribution in [2.45, 2.75) is 12.3 Å². The number of hydrogen-bond donors (Lipinski definition) is 2. The first-order valence-electron chi connectivity index (χ1n) is 6.56. The Kier molecular flexibility index (Phi) is 3.29. The SMILES string of the molecule is NC(=NO)c1ccc(OCC2Cc3ccccc32)cc1. The van der Waals surface area contributed by atoms with Gasteiger partial charge in [0.1, 0.15) is 5.75 Å². The number of nitrogens with zero attached hydrogens (tertiary/aromatic N) is 1. The van der Waals surface area contributed by atoms with Crippen LogP contribution in [0.15, 0.2) is 53.7 Å². The molecular formula is C16H16N2O2. The molecule has 3 N–H and O–H groups in total. The van der Waals surface area contributed by atoms with Crippen LogP contribution in [0.5, 0.6) is 5.75 Å². The summed E-state index contributed by atoms with van der Waals surface area (Å²) in [5.74, 6) is 1.38. The molecule has 0 bridgehead atoms. The minimum absolute atomic E-state index is 0.101. The number of fused-ring (bicyclic) bond motifs is 1. The van der Waals surface area contributed by atoms with E-state index in [1.807, 2.05) is 12.1 Å². The molecule has 0 aromatic heterocycles. The molecule has 0 fully saturated rings. The summed E-state index contributed by atoms with van der Waals surface area (Å²) < 4.78 is 5.79. The van der Waals surface area contributed by atoms with E-state index >= 15 is 0 Å². The number of rotatable bonds is 4. The number of benzene rings is 2. The molecule has 0 saturated carbocycles. The van der Waals surface area contributed by atoms with Crippen molar-refractivity contribution in [2.75, 3.05) is 6.61 Å². The van der Waals surface area contributed by atoms with Crippen molar-refractivity contribution >= 4 is 5.84 Å². The van der Waals surface area contributed by atoms with Crippen LogP contribution in [-0.4, -0.2) is 17.6 Å². The van der Waals surface area contributed by atoms with Gasteiger partial charge in [0.25, 0.3) is 0 Å². The van der Waals surface area contributed by atoms with Crippen LogP contribution < -0.4 is 10.5 Å². The van der Waals surface area contributed by atoms with Gasteiger partial charge in [0.2, 0.25) is 0 Å². The third kappa shape index (κ3) is 2.32. The maximum absolute atomic E-state index is 8.60. The molecule has 20 heavy (non-hydrogen) atoms. The zero-order valence-corrected chi connectivity index (χ0v) is 11.0. The molecule has 1 unspecified atom stereocenters. The maximum Gasteiger partial charge on any atom is 0.170 e. The summed E-state index contributed by atoms with van der Waals surface area (Å²) in [4.78, 5) is 0. The molecule has 2 aromatic rings. The fourth-order valence-corrected chi connectivity index (χ4v) is 2.49. The van der Waals surface area contributed by atoms with Gasteiger partial charge in [0.15, 0.2) is 5.84 Å². The van der Waals surface area contributed by atoms with Crippen LogP contribution in [-0.2, 0) is 6.42 Å². The zero-order chi connectivity index (χ0) is 13.9. The zero-order valence-electron chi connectivity index (χ0n) is 11.0. The average molecular weight is 268 g/mol. The Morgan fingerprint density at radius 2 is 1.95 bits per heavy atom. The van der Waals surface area contributed by atoms with E-state index in [9.17, 15) is 0 Å². The van der Waals surface area contributed by atoms with Crippen LogP contribution >= 0.6 is 0 Å². The minimum atomic E-state index is 0.101. The maximum atomic E-state index is 8.60. The molecule has 102 valence electrons. The molecule has 1 aliphatic carbocycles. The number of nitrogens with two attached hydrogens (primary N) is 1. The highest BCUT2D eigenvalue weighted by molar-refractivity contribution is 5.97. The number of hydrogen-bond acceptors (Lipinski definition) is 3. The van der Waals surface area contributed by atoms with Gasteiger partial charge < -0.3 is 15.7 Å². The Bertz CT molecular complexity index is 635. The molecule has 0 radical (unpaired) electrons. The van der Waals surface area contributed by atoms with Crippen molar-refractivity contribution in [1.29, 1.82) is 0 Å². The largest absolute Gasteiger partial charge is 0.493 e. The normalized spacial score (nSPS) is 17.2. The second kappa shape index (κ2) is 5.25. The Morgan fingerprint density at radius 1 is 1.20 bits per heavy atom. The number of oxime groups is 1. The fraction of sp³-hybridized carbons (Fsp3) is 0.188. The van der Waals surface area contributed by atoms with Crippen LogP contribution in [0, 0.1) is 0 Å². The molecule has 2 aromatic carbocycles. The van der Waals surface area contributed by atoms with Gasteiger partial charge >= 0.3 is 0 Å². The predicted octanol–water partition coefficient (Wildman–Crippen LogP) is 2.50. The first-order valence-corrected chi connectivity index (χ1v) is 6.56. The van der Waals surface area contributed by atoms with Crippen molar-refractivity contribution in [3.05, 3.63) is 65.2 Å².